The standard InChI is InChI=1S/C11H23NO3/c1-10(2)15-9-8-12-7-5-3-4-6-11(13)14/h10,12H,3-9H2,1-2H3,(H,13,14). The molecule has 0 aromatic carbocycles. The summed E-state index contributed by atoms with van der Waals surface area (Å²) in [6.45, 7) is 6.60. The van der Waals surface area contributed by atoms with Crippen LogP contribution in [0.25, 0.3) is 0 Å². The second-order valence-electron chi connectivity index (χ2n) is 3.87. The zero-order valence-electron chi connectivity index (χ0n) is 9.79. The Kier molecular flexibility index (Phi) is 9.52. The van der Waals surface area contributed by atoms with E-state index >= 15 is 0 Å². The Bertz CT molecular complexity index is 160. The van der Waals surface area contributed by atoms with Gasteiger partial charge in [-0.3, -0.25) is 4.79 Å². The molecule has 0 rings (SSSR count). The lowest BCUT2D eigenvalue weighted by molar-refractivity contribution is -0.137. The van der Waals surface area contributed by atoms with Gasteiger partial charge in [0.15, 0.2) is 0 Å². The molecule has 0 aromatic heterocycles. The normalized spacial score (nSPS) is 10.9. The van der Waals surface area contributed by atoms with Gasteiger partial charge in [0.05, 0.1) is 12.7 Å². The van der Waals surface area contributed by atoms with Crippen molar-refractivity contribution in [2.24, 2.45) is 0 Å². The highest BCUT2D eigenvalue weighted by molar-refractivity contribution is 5.66. The molecule has 4 nitrogen and oxygen atoms in total. The predicted molar refractivity (Wildman–Crippen MR) is 60.1 cm³/mol. The van der Waals surface area contributed by atoms with E-state index in [9.17, 15) is 4.79 Å². The van der Waals surface area contributed by atoms with Gasteiger partial charge in [-0.1, -0.05) is 6.42 Å². The first-order chi connectivity index (χ1) is 7.13. The number of hydrogen-bond acceptors (Lipinski definition) is 3. The van der Waals surface area contributed by atoms with Gasteiger partial charge in [-0.2, -0.15) is 0 Å². The summed E-state index contributed by atoms with van der Waals surface area (Å²) < 4.78 is 5.36. The van der Waals surface area contributed by atoms with Crippen molar-refractivity contribution >= 4 is 5.97 Å². The fourth-order valence-electron chi connectivity index (χ4n) is 1.19. The van der Waals surface area contributed by atoms with Crippen molar-refractivity contribution in [2.75, 3.05) is 19.7 Å². The number of rotatable bonds is 10. The fourth-order valence-corrected chi connectivity index (χ4v) is 1.19. The fraction of sp³-hybridized carbons (Fsp3) is 0.909. The molecule has 0 aliphatic rings. The van der Waals surface area contributed by atoms with Crippen LogP contribution in [0.3, 0.4) is 0 Å². The lowest BCUT2D eigenvalue weighted by Gasteiger charge is -2.08. The summed E-state index contributed by atoms with van der Waals surface area (Å²) in [5.41, 5.74) is 0. The van der Waals surface area contributed by atoms with Crippen molar-refractivity contribution < 1.29 is 14.6 Å². The van der Waals surface area contributed by atoms with E-state index in [1.165, 1.54) is 0 Å². The summed E-state index contributed by atoms with van der Waals surface area (Å²) >= 11 is 0. The molecule has 0 heterocycles. The second-order valence-corrected chi connectivity index (χ2v) is 3.87. The third-order valence-corrected chi connectivity index (χ3v) is 1.97. The molecule has 90 valence electrons. The highest BCUT2D eigenvalue weighted by Gasteiger charge is 1.96. The molecule has 4 heteroatoms. The lowest BCUT2D eigenvalue weighted by Crippen LogP contribution is -2.22. The Morgan fingerprint density at radius 3 is 2.60 bits per heavy atom. The van der Waals surface area contributed by atoms with Crippen LogP contribution in [0.2, 0.25) is 0 Å². The van der Waals surface area contributed by atoms with Crippen LogP contribution in [0, 0.1) is 0 Å². The van der Waals surface area contributed by atoms with E-state index in [0.29, 0.717) is 6.10 Å². The van der Waals surface area contributed by atoms with Gasteiger partial charge in [0.1, 0.15) is 0 Å². The van der Waals surface area contributed by atoms with Crippen LogP contribution in [0.4, 0.5) is 0 Å². The van der Waals surface area contributed by atoms with Gasteiger partial charge in [-0.25, -0.2) is 0 Å². The number of nitrogens with one attached hydrogen (secondary N) is 1. The molecular weight excluding hydrogens is 194 g/mol. The quantitative estimate of drug-likeness (QED) is 0.546. The minimum Gasteiger partial charge on any atom is -0.481 e. The van der Waals surface area contributed by atoms with E-state index in [4.69, 9.17) is 9.84 Å². The summed E-state index contributed by atoms with van der Waals surface area (Å²) in [6, 6.07) is 0. The van der Waals surface area contributed by atoms with Crippen molar-refractivity contribution in [2.45, 2.75) is 45.6 Å². The second kappa shape index (κ2) is 9.93. The number of aliphatic carboxylic acids is 1. The van der Waals surface area contributed by atoms with E-state index in [2.05, 4.69) is 5.32 Å². The van der Waals surface area contributed by atoms with Crippen molar-refractivity contribution in [3.8, 4) is 0 Å². The van der Waals surface area contributed by atoms with Crippen LogP contribution in [-0.2, 0) is 9.53 Å². The highest BCUT2D eigenvalue weighted by atomic mass is 16.5. The van der Waals surface area contributed by atoms with Crippen LogP contribution in [0.15, 0.2) is 0 Å². The summed E-state index contributed by atoms with van der Waals surface area (Å²) in [5, 5.41) is 11.7. The zero-order chi connectivity index (χ0) is 11.5. The van der Waals surface area contributed by atoms with Gasteiger partial charge in [0, 0.05) is 13.0 Å². The van der Waals surface area contributed by atoms with Crippen LogP contribution in [0.5, 0.6) is 0 Å². The van der Waals surface area contributed by atoms with Gasteiger partial charge in [-0.15, -0.1) is 0 Å². The first-order valence-corrected chi connectivity index (χ1v) is 5.67. The first-order valence-electron chi connectivity index (χ1n) is 5.67. The molecule has 0 spiro atoms. The molecule has 0 saturated heterocycles. The van der Waals surface area contributed by atoms with Crippen LogP contribution < -0.4 is 5.32 Å². The maximum absolute atomic E-state index is 10.2. The molecule has 0 amide bonds. The monoisotopic (exact) mass is 217 g/mol. The topological polar surface area (TPSA) is 58.6 Å². The molecule has 0 fully saturated rings. The molecule has 0 saturated carbocycles. The third kappa shape index (κ3) is 13.4. The summed E-state index contributed by atoms with van der Waals surface area (Å²) in [7, 11) is 0. The maximum atomic E-state index is 10.2. The molecule has 15 heavy (non-hydrogen) atoms. The molecule has 2 N–H and O–H groups in total. The zero-order valence-corrected chi connectivity index (χ0v) is 9.79. The number of carboxylic acid groups (broad SMARTS) is 1. The summed E-state index contributed by atoms with van der Waals surface area (Å²) in [6.07, 6.45) is 3.37. The van der Waals surface area contributed by atoms with Crippen LogP contribution in [-0.4, -0.2) is 36.9 Å². The van der Waals surface area contributed by atoms with E-state index < -0.39 is 5.97 Å². The van der Waals surface area contributed by atoms with Crippen LogP contribution in [0.1, 0.15) is 39.5 Å². The minimum atomic E-state index is -0.701. The van der Waals surface area contributed by atoms with Crippen molar-refractivity contribution in [1.82, 2.24) is 5.32 Å². The Hall–Kier alpha value is -0.610. The van der Waals surface area contributed by atoms with Gasteiger partial charge in [0.25, 0.3) is 0 Å². The molecule has 0 aliphatic heterocycles. The Balaban J connectivity index is 2.96. The minimum absolute atomic E-state index is 0.288. The smallest absolute Gasteiger partial charge is 0.303 e. The van der Waals surface area contributed by atoms with Crippen LogP contribution >= 0.6 is 0 Å². The van der Waals surface area contributed by atoms with Crippen molar-refractivity contribution in [3.05, 3.63) is 0 Å². The number of unbranched alkanes of at least 4 members (excludes halogenated alkanes) is 2. The third-order valence-electron chi connectivity index (χ3n) is 1.97. The average molecular weight is 217 g/mol. The lowest BCUT2D eigenvalue weighted by atomic mass is 10.2. The van der Waals surface area contributed by atoms with Gasteiger partial charge >= 0.3 is 5.97 Å². The summed E-state index contributed by atoms with van der Waals surface area (Å²) in [5.74, 6) is -0.701. The number of ether oxygens (including phenoxy) is 1. The molecule has 0 aliphatic carbocycles. The van der Waals surface area contributed by atoms with E-state index in [1.807, 2.05) is 13.8 Å². The van der Waals surface area contributed by atoms with Gasteiger partial charge in [-0.05, 0) is 33.2 Å². The Morgan fingerprint density at radius 2 is 2.00 bits per heavy atom. The van der Waals surface area contributed by atoms with Crippen molar-refractivity contribution in [3.63, 3.8) is 0 Å². The molecular formula is C11H23NO3. The molecule has 0 atom stereocenters. The van der Waals surface area contributed by atoms with Gasteiger partial charge < -0.3 is 15.2 Å². The van der Waals surface area contributed by atoms with E-state index in [1.54, 1.807) is 0 Å². The van der Waals surface area contributed by atoms with Gasteiger partial charge in [0.2, 0.25) is 0 Å². The molecule has 0 unspecified atom stereocenters. The molecule has 0 radical (unpaired) electrons. The Morgan fingerprint density at radius 1 is 1.27 bits per heavy atom. The highest BCUT2D eigenvalue weighted by Crippen LogP contribution is 1.98. The van der Waals surface area contributed by atoms with E-state index in [-0.39, 0.29) is 6.42 Å². The van der Waals surface area contributed by atoms with E-state index in [0.717, 1.165) is 39.0 Å². The first kappa shape index (κ1) is 14.4. The SMILES string of the molecule is CC(C)OCCNCCCCCC(=O)O. The predicted octanol–water partition coefficient (Wildman–Crippen LogP) is 1.65. The molecule has 0 aromatic rings. The molecule has 0 bridgehead atoms. The number of hydrogen-bond donors (Lipinski definition) is 2. The Labute approximate surface area is 92.0 Å². The van der Waals surface area contributed by atoms with Crippen molar-refractivity contribution in [1.29, 1.82) is 0 Å². The maximum Gasteiger partial charge on any atom is 0.303 e. The largest absolute Gasteiger partial charge is 0.481 e. The number of carbonyl (C=O) groups is 1. The number of carboxylic acids is 1. The summed E-state index contributed by atoms with van der Waals surface area (Å²) in [4.78, 5) is 10.2. The average Bonchev–Trinajstić information content (AvgIpc) is 2.14.